The second-order valence-electron chi connectivity index (χ2n) is 5.32. The van der Waals surface area contributed by atoms with Crippen molar-refractivity contribution in [2.24, 2.45) is 0 Å². The number of ether oxygens (including phenoxy) is 2. The number of hydrogen-bond acceptors (Lipinski definition) is 3. The van der Waals surface area contributed by atoms with E-state index in [1.807, 2.05) is 24.3 Å². The van der Waals surface area contributed by atoms with Gasteiger partial charge in [0.2, 0.25) is 0 Å². The number of urea groups is 1. The minimum Gasteiger partial charge on any atom is -0.494 e. The van der Waals surface area contributed by atoms with Crippen molar-refractivity contribution in [3.05, 3.63) is 24.3 Å². The summed E-state index contributed by atoms with van der Waals surface area (Å²) in [5, 5.41) is 2.88. The van der Waals surface area contributed by atoms with Crippen molar-refractivity contribution in [2.75, 3.05) is 32.1 Å². The summed E-state index contributed by atoms with van der Waals surface area (Å²) in [6, 6.07) is 7.34. The van der Waals surface area contributed by atoms with Crippen molar-refractivity contribution in [2.45, 2.75) is 32.3 Å². The zero-order valence-electron chi connectivity index (χ0n) is 12.8. The Morgan fingerprint density at radius 2 is 2.38 bits per heavy atom. The number of carbonyl (C=O) groups excluding carboxylic acids is 1. The SMILES string of the molecule is CCCOc1cccc(NC(=O)N(C)C[C@H]2CCCO2)c1. The molecular formula is C16H24N2O3. The van der Waals surface area contributed by atoms with E-state index in [1.165, 1.54) is 0 Å². The quantitative estimate of drug-likeness (QED) is 0.876. The van der Waals surface area contributed by atoms with Crippen LogP contribution in [0.25, 0.3) is 0 Å². The molecule has 0 radical (unpaired) electrons. The molecule has 116 valence electrons. The maximum absolute atomic E-state index is 12.1. The molecule has 1 aliphatic heterocycles. The van der Waals surface area contributed by atoms with Gasteiger partial charge in [0.25, 0.3) is 0 Å². The molecule has 1 N–H and O–H groups in total. The molecular weight excluding hydrogens is 268 g/mol. The topological polar surface area (TPSA) is 50.8 Å². The van der Waals surface area contributed by atoms with Gasteiger partial charge in [-0.3, -0.25) is 0 Å². The monoisotopic (exact) mass is 292 g/mol. The number of anilines is 1. The van der Waals surface area contributed by atoms with Crippen molar-refractivity contribution >= 4 is 11.7 Å². The van der Waals surface area contributed by atoms with Gasteiger partial charge in [-0.05, 0) is 31.4 Å². The van der Waals surface area contributed by atoms with Crippen LogP contribution >= 0.6 is 0 Å². The highest BCUT2D eigenvalue weighted by atomic mass is 16.5. The van der Waals surface area contributed by atoms with Crippen LogP contribution in [0.5, 0.6) is 5.75 Å². The lowest BCUT2D eigenvalue weighted by Crippen LogP contribution is -2.37. The number of nitrogens with one attached hydrogen (secondary N) is 1. The third-order valence-electron chi connectivity index (χ3n) is 3.41. The number of rotatable bonds is 6. The summed E-state index contributed by atoms with van der Waals surface area (Å²) < 4.78 is 11.1. The minimum absolute atomic E-state index is 0.127. The van der Waals surface area contributed by atoms with E-state index >= 15 is 0 Å². The van der Waals surface area contributed by atoms with Crippen LogP contribution in [0.2, 0.25) is 0 Å². The van der Waals surface area contributed by atoms with Gasteiger partial charge in [-0.25, -0.2) is 4.79 Å². The number of hydrogen-bond donors (Lipinski definition) is 1. The standard InChI is InChI=1S/C16H24N2O3/c1-3-9-20-14-7-4-6-13(11-14)17-16(19)18(2)12-15-8-5-10-21-15/h4,6-7,11,15H,3,5,8-10,12H2,1-2H3,(H,17,19)/t15-/m1/s1. The summed E-state index contributed by atoms with van der Waals surface area (Å²) >= 11 is 0. The largest absolute Gasteiger partial charge is 0.494 e. The molecule has 1 atom stereocenters. The highest BCUT2D eigenvalue weighted by Gasteiger charge is 2.20. The Hall–Kier alpha value is -1.75. The van der Waals surface area contributed by atoms with Gasteiger partial charge in [-0.15, -0.1) is 0 Å². The van der Waals surface area contributed by atoms with Crippen LogP contribution in [0, 0.1) is 0 Å². The maximum Gasteiger partial charge on any atom is 0.321 e. The number of nitrogens with zero attached hydrogens (tertiary/aromatic N) is 1. The molecule has 0 bridgehead atoms. The predicted molar refractivity (Wildman–Crippen MR) is 82.9 cm³/mol. The molecule has 1 aromatic carbocycles. The van der Waals surface area contributed by atoms with Crippen molar-refractivity contribution < 1.29 is 14.3 Å². The maximum atomic E-state index is 12.1. The smallest absolute Gasteiger partial charge is 0.321 e. The Bertz CT molecular complexity index is 459. The molecule has 0 spiro atoms. The summed E-state index contributed by atoms with van der Waals surface area (Å²) in [5.74, 6) is 0.774. The fourth-order valence-electron chi connectivity index (χ4n) is 2.28. The molecule has 2 rings (SSSR count). The summed E-state index contributed by atoms with van der Waals surface area (Å²) in [7, 11) is 1.79. The van der Waals surface area contributed by atoms with E-state index in [-0.39, 0.29) is 12.1 Å². The van der Waals surface area contributed by atoms with Crippen molar-refractivity contribution in [3.8, 4) is 5.75 Å². The molecule has 0 saturated carbocycles. The summed E-state index contributed by atoms with van der Waals surface area (Å²) in [6.07, 6.45) is 3.23. The van der Waals surface area contributed by atoms with E-state index in [9.17, 15) is 4.79 Å². The van der Waals surface area contributed by atoms with Gasteiger partial charge in [0.05, 0.1) is 12.7 Å². The van der Waals surface area contributed by atoms with Gasteiger partial charge >= 0.3 is 6.03 Å². The Morgan fingerprint density at radius 1 is 1.52 bits per heavy atom. The van der Waals surface area contributed by atoms with Crippen LogP contribution < -0.4 is 10.1 Å². The third kappa shape index (κ3) is 4.93. The Kier molecular flexibility index (Phi) is 5.87. The van der Waals surface area contributed by atoms with E-state index < -0.39 is 0 Å². The first kappa shape index (κ1) is 15.6. The van der Waals surface area contributed by atoms with Crippen LogP contribution in [0.4, 0.5) is 10.5 Å². The molecule has 0 unspecified atom stereocenters. The van der Waals surface area contributed by atoms with E-state index in [0.29, 0.717) is 13.2 Å². The average molecular weight is 292 g/mol. The highest BCUT2D eigenvalue weighted by Crippen LogP contribution is 2.18. The first-order valence-corrected chi connectivity index (χ1v) is 7.55. The van der Waals surface area contributed by atoms with E-state index in [2.05, 4.69) is 12.2 Å². The van der Waals surface area contributed by atoms with Crippen molar-refractivity contribution in [1.82, 2.24) is 4.90 Å². The third-order valence-corrected chi connectivity index (χ3v) is 3.41. The lowest BCUT2D eigenvalue weighted by molar-refractivity contribution is 0.0894. The fourth-order valence-corrected chi connectivity index (χ4v) is 2.28. The number of benzene rings is 1. The van der Waals surface area contributed by atoms with Gasteiger partial charge in [0.15, 0.2) is 0 Å². The van der Waals surface area contributed by atoms with E-state index in [4.69, 9.17) is 9.47 Å². The van der Waals surface area contributed by atoms with Crippen molar-refractivity contribution in [3.63, 3.8) is 0 Å². The fraction of sp³-hybridized carbons (Fsp3) is 0.562. The van der Waals surface area contributed by atoms with Crippen LogP contribution in [-0.2, 0) is 4.74 Å². The van der Waals surface area contributed by atoms with Gasteiger partial charge < -0.3 is 19.7 Å². The average Bonchev–Trinajstić information content (AvgIpc) is 2.98. The molecule has 5 nitrogen and oxygen atoms in total. The molecule has 0 aromatic heterocycles. The van der Waals surface area contributed by atoms with Crippen molar-refractivity contribution in [1.29, 1.82) is 0 Å². The minimum atomic E-state index is -0.127. The van der Waals surface area contributed by atoms with Gasteiger partial charge in [-0.1, -0.05) is 13.0 Å². The van der Waals surface area contributed by atoms with E-state index in [0.717, 1.165) is 37.3 Å². The molecule has 0 aliphatic carbocycles. The molecule has 5 heteroatoms. The van der Waals surface area contributed by atoms with Crippen LogP contribution in [0.1, 0.15) is 26.2 Å². The lowest BCUT2D eigenvalue weighted by Gasteiger charge is -2.21. The summed E-state index contributed by atoms with van der Waals surface area (Å²) in [4.78, 5) is 13.8. The summed E-state index contributed by atoms with van der Waals surface area (Å²) in [5.41, 5.74) is 0.743. The number of carbonyl (C=O) groups is 1. The second-order valence-corrected chi connectivity index (χ2v) is 5.32. The molecule has 21 heavy (non-hydrogen) atoms. The van der Waals surface area contributed by atoms with Crippen LogP contribution in [-0.4, -0.2) is 43.8 Å². The molecule has 1 aromatic rings. The number of likely N-dealkylation sites (N-methyl/N-ethyl adjacent to an activating group) is 1. The first-order chi connectivity index (χ1) is 10.2. The molecule has 2 amide bonds. The van der Waals surface area contributed by atoms with Crippen LogP contribution in [0.15, 0.2) is 24.3 Å². The molecule has 1 heterocycles. The molecule has 1 aliphatic rings. The zero-order valence-corrected chi connectivity index (χ0v) is 12.8. The normalized spacial score (nSPS) is 17.5. The Labute approximate surface area is 126 Å². The number of amides is 2. The Morgan fingerprint density at radius 3 is 3.10 bits per heavy atom. The predicted octanol–water partition coefficient (Wildman–Crippen LogP) is 3.12. The molecule has 1 fully saturated rings. The molecule has 1 saturated heterocycles. The second kappa shape index (κ2) is 7.88. The first-order valence-electron chi connectivity index (χ1n) is 7.55. The van der Waals surface area contributed by atoms with Crippen LogP contribution in [0.3, 0.4) is 0 Å². The summed E-state index contributed by atoms with van der Waals surface area (Å²) in [6.45, 7) is 4.16. The highest BCUT2D eigenvalue weighted by molar-refractivity contribution is 5.89. The van der Waals surface area contributed by atoms with E-state index in [1.54, 1.807) is 11.9 Å². The lowest BCUT2D eigenvalue weighted by atomic mass is 10.2. The Balaban J connectivity index is 1.85. The van der Waals surface area contributed by atoms with Gasteiger partial charge in [0.1, 0.15) is 5.75 Å². The van der Waals surface area contributed by atoms with Gasteiger partial charge in [-0.2, -0.15) is 0 Å². The van der Waals surface area contributed by atoms with Gasteiger partial charge in [0, 0.05) is 32.0 Å². The zero-order chi connectivity index (χ0) is 15.1.